The number of aryl methyl sites for hydroxylation is 2. The van der Waals surface area contributed by atoms with Gasteiger partial charge < -0.3 is 5.73 Å². The van der Waals surface area contributed by atoms with E-state index in [9.17, 15) is 4.79 Å². The Hall–Kier alpha value is -0.680. The first-order valence-corrected chi connectivity index (χ1v) is 5.75. The fourth-order valence-corrected chi connectivity index (χ4v) is 2.09. The molecule has 84 valence electrons. The van der Waals surface area contributed by atoms with Gasteiger partial charge in [-0.3, -0.25) is 9.48 Å². The van der Waals surface area contributed by atoms with E-state index in [1.165, 1.54) is 0 Å². The van der Waals surface area contributed by atoms with Gasteiger partial charge in [0.15, 0.2) is 5.78 Å². The lowest BCUT2D eigenvalue weighted by molar-refractivity contribution is -0.119. The Labute approximate surface area is 98.0 Å². The predicted octanol–water partition coefficient (Wildman–Crippen LogP) is 1.20. The molecule has 1 heterocycles. The molecule has 1 atom stereocenters. The Bertz CT molecular complexity index is 371. The zero-order chi connectivity index (χ0) is 11.6. The number of hydrogen-bond acceptors (Lipinski definition) is 3. The second-order valence-electron chi connectivity index (χ2n) is 3.62. The van der Waals surface area contributed by atoms with Gasteiger partial charge >= 0.3 is 0 Å². The first-order valence-electron chi connectivity index (χ1n) is 4.95. The van der Waals surface area contributed by atoms with Crippen molar-refractivity contribution in [2.45, 2.75) is 32.7 Å². The molecule has 0 aliphatic carbocycles. The second kappa shape index (κ2) is 4.90. The van der Waals surface area contributed by atoms with E-state index < -0.39 is 6.04 Å². The predicted molar refractivity (Wildman–Crippen MR) is 62.6 cm³/mol. The lowest BCUT2D eigenvalue weighted by Gasteiger charge is -2.05. The molecule has 0 saturated heterocycles. The number of Topliss-reactive ketones (excluding diaryl/α,β-unsaturated/α-hetero) is 1. The molecule has 2 N–H and O–H groups in total. The van der Waals surface area contributed by atoms with Gasteiger partial charge in [0, 0.05) is 7.05 Å². The van der Waals surface area contributed by atoms with Crippen molar-refractivity contribution in [3.8, 4) is 0 Å². The van der Waals surface area contributed by atoms with Crippen molar-refractivity contribution >= 4 is 21.7 Å². The summed E-state index contributed by atoms with van der Waals surface area (Å²) >= 11 is 3.46. The van der Waals surface area contributed by atoms with Gasteiger partial charge in [-0.25, -0.2) is 0 Å². The van der Waals surface area contributed by atoms with Gasteiger partial charge in [0.2, 0.25) is 0 Å². The maximum absolute atomic E-state index is 11.5. The van der Waals surface area contributed by atoms with Crippen LogP contribution in [-0.4, -0.2) is 21.6 Å². The highest BCUT2D eigenvalue weighted by molar-refractivity contribution is 9.10. The number of rotatable bonds is 4. The molecule has 0 radical (unpaired) electrons. The van der Waals surface area contributed by atoms with Gasteiger partial charge in [-0.1, -0.05) is 6.92 Å². The highest BCUT2D eigenvalue weighted by Gasteiger charge is 2.17. The van der Waals surface area contributed by atoms with Gasteiger partial charge in [0.1, 0.15) is 0 Å². The van der Waals surface area contributed by atoms with Crippen LogP contribution in [0.25, 0.3) is 0 Å². The van der Waals surface area contributed by atoms with E-state index >= 15 is 0 Å². The maximum Gasteiger partial charge on any atom is 0.155 e. The Morgan fingerprint density at radius 1 is 1.67 bits per heavy atom. The SMILES string of the molecule is CCc1nn(C)c(CC(=O)C(C)N)c1Br. The van der Waals surface area contributed by atoms with Crippen molar-refractivity contribution < 1.29 is 4.79 Å². The average Bonchev–Trinajstić information content (AvgIpc) is 2.44. The number of carbonyl (C=O) groups excluding carboxylic acids is 1. The first kappa shape index (κ1) is 12.4. The maximum atomic E-state index is 11.5. The molecule has 0 aromatic carbocycles. The monoisotopic (exact) mass is 273 g/mol. The Morgan fingerprint density at radius 3 is 2.67 bits per heavy atom. The Balaban J connectivity index is 2.95. The summed E-state index contributed by atoms with van der Waals surface area (Å²) in [6.07, 6.45) is 1.18. The van der Waals surface area contributed by atoms with E-state index in [0.717, 1.165) is 22.3 Å². The van der Waals surface area contributed by atoms with Crippen LogP contribution in [0.3, 0.4) is 0 Å². The first-order chi connectivity index (χ1) is 6.97. The average molecular weight is 274 g/mol. The summed E-state index contributed by atoms with van der Waals surface area (Å²) in [5, 5.41) is 4.32. The quantitative estimate of drug-likeness (QED) is 0.897. The molecule has 1 rings (SSSR count). The van der Waals surface area contributed by atoms with Crippen molar-refractivity contribution in [2.24, 2.45) is 12.8 Å². The van der Waals surface area contributed by atoms with E-state index in [0.29, 0.717) is 6.42 Å². The normalized spacial score (nSPS) is 12.9. The third-order valence-electron chi connectivity index (χ3n) is 2.35. The molecule has 4 nitrogen and oxygen atoms in total. The van der Waals surface area contributed by atoms with E-state index in [2.05, 4.69) is 21.0 Å². The minimum Gasteiger partial charge on any atom is -0.322 e. The van der Waals surface area contributed by atoms with Gasteiger partial charge in [-0.2, -0.15) is 5.10 Å². The zero-order valence-corrected chi connectivity index (χ0v) is 10.8. The van der Waals surface area contributed by atoms with Gasteiger partial charge in [0.25, 0.3) is 0 Å². The molecule has 1 unspecified atom stereocenters. The molecular formula is C10H16BrN3O. The van der Waals surface area contributed by atoms with Crippen molar-refractivity contribution in [1.29, 1.82) is 0 Å². The summed E-state index contributed by atoms with van der Waals surface area (Å²) in [5.41, 5.74) is 7.40. The summed E-state index contributed by atoms with van der Waals surface area (Å²) in [7, 11) is 1.84. The fraction of sp³-hybridized carbons (Fsp3) is 0.600. The highest BCUT2D eigenvalue weighted by atomic mass is 79.9. The van der Waals surface area contributed by atoms with Crippen LogP contribution in [0.4, 0.5) is 0 Å². The van der Waals surface area contributed by atoms with Crippen molar-refractivity contribution in [1.82, 2.24) is 9.78 Å². The number of halogens is 1. The molecule has 0 amide bonds. The largest absolute Gasteiger partial charge is 0.322 e. The Kier molecular flexibility index (Phi) is 4.04. The van der Waals surface area contributed by atoms with Crippen LogP contribution in [0, 0.1) is 0 Å². The van der Waals surface area contributed by atoms with E-state index in [-0.39, 0.29) is 5.78 Å². The summed E-state index contributed by atoms with van der Waals surface area (Å²) in [6, 6.07) is -0.420. The smallest absolute Gasteiger partial charge is 0.155 e. The minimum atomic E-state index is -0.420. The van der Waals surface area contributed by atoms with E-state index in [1.807, 2.05) is 14.0 Å². The van der Waals surface area contributed by atoms with Crippen LogP contribution >= 0.6 is 15.9 Å². The Morgan fingerprint density at radius 2 is 2.27 bits per heavy atom. The number of nitrogens with zero attached hydrogens (tertiary/aromatic N) is 2. The molecule has 0 aliphatic rings. The molecule has 1 aromatic rings. The molecule has 0 spiro atoms. The number of nitrogens with two attached hydrogens (primary N) is 1. The van der Waals surface area contributed by atoms with Gasteiger partial charge in [0.05, 0.1) is 28.3 Å². The van der Waals surface area contributed by atoms with Crippen LogP contribution in [0.2, 0.25) is 0 Å². The molecule has 0 saturated carbocycles. The number of aromatic nitrogens is 2. The number of hydrogen-bond donors (Lipinski definition) is 1. The third kappa shape index (κ3) is 2.66. The van der Waals surface area contributed by atoms with Crippen molar-refractivity contribution in [3.63, 3.8) is 0 Å². The van der Waals surface area contributed by atoms with Crippen LogP contribution in [-0.2, 0) is 24.7 Å². The van der Waals surface area contributed by atoms with Crippen LogP contribution in [0.15, 0.2) is 4.47 Å². The minimum absolute atomic E-state index is 0.0290. The van der Waals surface area contributed by atoms with Crippen LogP contribution < -0.4 is 5.73 Å². The summed E-state index contributed by atoms with van der Waals surface area (Å²) in [5.74, 6) is 0.0290. The van der Waals surface area contributed by atoms with Crippen LogP contribution in [0.5, 0.6) is 0 Å². The molecular weight excluding hydrogens is 258 g/mol. The summed E-state index contributed by atoms with van der Waals surface area (Å²) in [6.45, 7) is 3.73. The molecule has 0 aliphatic heterocycles. The third-order valence-corrected chi connectivity index (χ3v) is 3.27. The highest BCUT2D eigenvalue weighted by Crippen LogP contribution is 2.22. The molecule has 5 heteroatoms. The van der Waals surface area contributed by atoms with Crippen molar-refractivity contribution in [2.75, 3.05) is 0 Å². The fourth-order valence-electron chi connectivity index (χ4n) is 1.34. The van der Waals surface area contributed by atoms with Gasteiger partial charge in [-0.15, -0.1) is 0 Å². The van der Waals surface area contributed by atoms with E-state index in [4.69, 9.17) is 5.73 Å². The van der Waals surface area contributed by atoms with Gasteiger partial charge in [-0.05, 0) is 29.3 Å². The zero-order valence-electron chi connectivity index (χ0n) is 9.25. The van der Waals surface area contributed by atoms with E-state index in [1.54, 1.807) is 11.6 Å². The standard InChI is InChI=1S/C10H16BrN3O/c1-4-7-10(11)8(14(3)13-7)5-9(15)6(2)12/h6H,4-5,12H2,1-3H3. The summed E-state index contributed by atoms with van der Waals surface area (Å²) in [4.78, 5) is 11.5. The molecule has 0 fully saturated rings. The molecule has 1 aromatic heterocycles. The lowest BCUT2D eigenvalue weighted by atomic mass is 10.1. The molecule has 0 bridgehead atoms. The topological polar surface area (TPSA) is 60.9 Å². The van der Waals surface area contributed by atoms with Crippen LogP contribution in [0.1, 0.15) is 25.2 Å². The lowest BCUT2D eigenvalue weighted by Crippen LogP contribution is -2.28. The molecule has 15 heavy (non-hydrogen) atoms. The van der Waals surface area contributed by atoms with Crippen molar-refractivity contribution in [3.05, 3.63) is 15.9 Å². The second-order valence-corrected chi connectivity index (χ2v) is 4.41. The number of ketones is 1. The number of carbonyl (C=O) groups is 1. The summed E-state index contributed by atoms with van der Waals surface area (Å²) < 4.78 is 2.67.